The molecule has 1 heterocycles. The first kappa shape index (κ1) is 9.97. The molecule has 0 unspecified atom stereocenters. The van der Waals surface area contributed by atoms with Crippen LogP contribution in [0.25, 0.3) is 0 Å². The van der Waals surface area contributed by atoms with Crippen LogP contribution in [0.15, 0.2) is 0 Å². The number of carbonyl (C=O) groups excluding carboxylic acids is 1. The fourth-order valence-electron chi connectivity index (χ4n) is 2.27. The maximum atomic E-state index is 11.9. The van der Waals surface area contributed by atoms with Crippen molar-refractivity contribution in [3.63, 3.8) is 0 Å². The van der Waals surface area contributed by atoms with E-state index in [1.807, 2.05) is 18.7 Å². The summed E-state index contributed by atoms with van der Waals surface area (Å²) < 4.78 is 5.60. The largest absolute Gasteiger partial charge is 0.372 e. The fraction of sp³-hybridized carbons (Fsp3) is 0.909. The zero-order valence-corrected chi connectivity index (χ0v) is 9.03. The molecule has 1 aliphatic heterocycles. The predicted molar refractivity (Wildman–Crippen MR) is 53.9 cm³/mol. The van der Waals surface area contributed by atoms with Gasteiger partial charge in [-0.15, -0.1) is 0 Å². The highest BCUT2D eigenvalue weighted by Crippen LogP contribution is 2.29. The quantitative estimate of drug-likeness (QED) is 0.636. The van der Waals surface area contributed by atoms with Crippen LogP contribution in [-0.2, 0) is 9.53 Å². The molecule has 0 aromatic carbocycles. The lowest BCUT2D eigenvalue weighted by Crippen LogP contribution is -2.50. The van der Waals surface area contributed by atoms with Crippen LogP contribution in [0.2, 0.25) is 0 Å². The second-order valence-electron chi connectivity index (χ2n) is 4.63. The summed E-state index contributed by atoms with van der Waals surface area (Å²) >= 11 is 0. The monoisotopic (exact) mass is 197 g/mol. The van der Waals surface area contributed by atoms with Crippen molar-refractivity contribution in [1.82, 2.24) is 4.90 Å². The Labute approximate surface area is 85.4 Å². The first-order valence-corrected chi connectivity index (χ1v) is 5.61. The van der Waals surface area contributed by atoms with Gasteiger partial charge in [0.1, 0.15) is 0 Å². The minimum atomic E-state index is 0.197. The van der Waals surface area contributed by atoms with Crippen LogP contribution in [0, 0.1) is 5.92 Å². The zero-order chi connectivity index (χ0) is 10.1. The first-order valence-electron chi connectivity index (χ1n) is 5.61. The molecule has 14 heavy (non-hydrogen) atoms. The standard InChI is InChI=1S/C11H19NO2/c1-8-6-12(7-9(2)14-8)11(13)10-4-3-5-10/h8-10H,3-7H2,1-2H3/t8-,9-/m1/s1. The molecule has 0 radical (unpaired) electrons. The van der Waals surface area contributed by atoms with Crippen LogP contribution in [0.4, 0.5) is 0 Å². The van der Waals surface area contributed by atoms with E-state index in [1.54, 1.807) is 0 Å². The number of carbonyl (C=O) groups is 1. The third kappa shape index (κ3) is 1.92. The molecule has 1 saturated carbocycles. The summed E-state index contributed by atoms with van der Waals surface area (Å²) in [6.07, 6.45) is 3.81. The maximum absolute atomic E-state index is 11.9. The molecule has 2 rings (SSSR count). The SMILES string of the molecule is C[C@@H]1CN(C(=O)C2CCC2)C[C@@H](C)O1. The number of hydrogen-bond donors (Lipinski definition) is 0. The molecular formula is C11H19NO2. The molecule has 1 aliphatic carbocycles. The Bertz CT molecular complexity index is 215. The van der Waals surface area contributed by atoms with Crippen LogP contribution in [0.1, 0.15) is 33.1 Å². The zero-order valence-electron chi connectivity index (χ0n) is 9.03. The molecule has 2 fully saturated rings. The fourth-order valence-corrected chi connectivity index (χ4v) is 2.27. The summed E-state index contributed by atoms with van der Waals surface area (Å²) in [5.74, 6) is 0.686. The molecule has 2 atom stereocenters. The van der Waals surface area contributed by atoms with Gasteiger partial charge in [-0.05, 0) is 26.7 Å². The van der Waals surface area contributed by atoms with Gasteiger partial charge in [-0.2, -0.15) is 0 Å². The first-order chi connectivity index (χ1) is 6.66. The van der Waals surface area contributed by atoms with Crippen LogP contribution < -0.4 is 0 Å². The van der Waals surface area contributed by atoms with Crippen LogP contribution >= 0.6 is 0 Å². The van der Waals surface area contributed by atoms with E-state index in [1.165, 1.54) is 6.42 Å². The van der Waals surface area contributed by atoms with Crippen LogP contribution in [0.3, 0.4) is 0 Å². The van der Waals surface area contributed by atoms with Gasteiger partial charge in [0.15, 0.2) is 0 Å². The van der Waals surface area contributed by atoms with Crippen molar-refractivity contribution in [2.45, 2.75) is 45.3 Å². The number of ether oxygens (including phenoxy) is 1. The lowest BCUT2D eigenvalue weighted by Gasteiger charge is -2.38. The molecule has 3 nitrogen and oxygen atoms in total. The molecule has 1 saturated heterocycles. The summed E-state index contributed by atoms with van der Waals surface area (Å²) in [5.41, 5.74) is 0. The van der Waals surface area contributed by atoms with Gasteiger partial charge < -0.3 is 9.64 Å². The molecular weight excluding hydrogens is 178 g/mol. The number of nitrogens with zero attached hydrogens (tertiary/aromatic N) is 1. The Kier molecular flexibility index (Phi) is 2.77. The van der Waals surface area contributed by atoms with Gasteiger partial charge in [-0.25, -0.2) is 0 Å². The molecule has 0 aromatic rings. The number of amides is 1. The molecule has 0 spiro atoms. The van der Waals surface area contributed by atoms with Crippen molar-refractivity contribution < 1.29 is 9.53 Å². The molecule has 0 bridgehead atoms. The van der Waals surface area contributed by atoms with Crippen LogP contribution in [0.5, 0.6) is 0 Å². The Balaban J connectivity index is 1.92. The van der Waals surface area contributed by atoms with Crippen molar-refractivity contribution in [2.24, 2.45) is 5.92 Å². The minimum absolute atomic E-state index is 0.197. The van der Waals surface area contributed by atoms with E-state index in [4.69, 9.17) is 4.74 Å². The Hall–Kier alpha value is -0.570. The van der Waals surface area contributed by atoms with Gasteiger partial charge in [0.25, 0.3) is 0 Å². The van der Waals surface area contributed by atoms with Crippen molar-refractivity contribution in [2.75, 3.05) is 13.1 Å². The van der Waals surface area contributed by atoms with Crippen molar-refractivity contribution in [1.29, 1.82) is 0 Å². The summed E-state index contributed by atoms with van der Waals surface area (Å²) in [7, 11) is 0. The Morgan fingerprint density at radius 1 is 1.21 bits per heavy atom. The second-order valence-corrected chi connectivity index (χ2v) is 4.63. The van der Waals surface area contributed by atoms with E-state index in [-0.39, 0.29) is 12.2 Å². The summed E-state index contributed by atoms with van der Waals surface area (Å²) in [6.45, 7) is 5.63. The molecule has 2 aliphatic rings. The van der Waals surface area contributed by atoms with E-state index >= 15 is 0 Å². The second kappa shape index (κ2) is 3.89. The Morgan fingerprint density at radius 2 is 1.79 bits per heavy atom. The van der Waals surface area contributed by atoms with Crippen molar-refractivity contribution >= 4 is 5.91 Å². The normalized spacial score (nSPS) is 34.0. The highest BCUT2D eigenvalue weighted by atomic mass is 16.5. The summed E-state index contributed by atoms with van der Waals surface area (Å²) in [5, 5.41) is 0. The highest BCUT2D eigenvalue weighted by Gasteiger charge is 2.33. The summed E-state index contributed by atoms with van der Waals surface area (Å²) in [6, 6.07) is 0. The van der Waals surface area contributed by atoms with Gasteiger partial charge in [-0.1, -0.05) is 6.42 Å². The van der Waals surface area contributed by atoms with E-state index in [0.717, 1.165) is 25.9 Å². The van der Waals surface area contributed by atoms with Gasteiger partial charge in [0.05, 0.1) is 12.2 Å². The van der Waals surface area contributed by atoms with E-state index in [2.05, 4.69) is 0 Å². The number of morpholine rings is 1. The third-order valence-corrected chi connectivity index (χ3v) is 3.19. The minimum Gasteiger partial charge on any atom is -0.372 e. The van der Waals surface area contributed by atoms with Crippen LogP contribution in [-0.4, -0.2) is 36.1 Å². The lowest BCUT2D eigenvalue weighted by molar-refractivity contribution is -0.149. The number of hydrogen-bond acceptors (Lipinski definition) is 2. The average molecular weight is 197 g/mol. The average Bonchev–Trinajstić information content (AvgIpc) is 1.98. The van der Waals surface area contributed by atoms with Crippen molar-refractivity contribution in [3.05, 3.63) is 0 Å². The highest BCUT2D eigenvalue weighted by molar-refractivity contribution is 5.79. The maximum Gasteiger partial charge on any atom is 0.225 e. The molecule has 1 amide bonds. The number of rotatable bonds is 1. The van der Waals surface area contributed by atoms with Gasteiger partial charge in [0.2, 0.25) is 5.91 Å². The molecule has 0 N–H and O–H groups in total. The predicted octanol–water partition coefficient (Wildman–Crippen LogP) is 1.42. The van der Waals surface area contributed by atoms with Gasteiger partial charge >= 0.3 is 0 Å². The van der Waals surface area contributed by atoms with E-state index < -0.39 is 0 Å². The smallest absolute Gasteiger partial charge is 0.225 e. The molecule has 80 valence electrons. The van der Waals surface area contributed by atoms with Gasteiger partial charge in [-0.3, -0.25) is 4.79 Å². The molecule has 3 heteroatoms. The van der Waals surface area contributed by atoms with E-state index in [0.29, 0.717) is 11.8 Å². The van der Waals surface area contributed by atoms with Gasteiger partial charge in [0, 0.05) is 19.0 Å². The van der Waals surface area contributed by atoms with E-state index in [9.17, 15) is 4.79 Å². The van der Waals surface area contributed by atoms with Crippen molar-refractivity contribution in [3.8, 4) is 0 Å². The lowest BCUT2D eigenvalue weighted by atomic mass is 9.84. The Morgan fingerprint density at radius 3 is 2.21 bits per heavy atom. The topological polar surface area (TPSA) is 29.5 Å². The third-order valence-electron chi connectivity index (χ3n) is 3.19. The molecule has 0 aromatic heterocycles. The summed E-state index contributed by atoms with van der Waals surface area (Å²) in [4.78, 5) is 13.9.